The number of ether oxygens (including phenoxy) is 1. The molecule has 0 fully saturated rings. The highest BCUT2D eigenvalue weighted by Gasteiger charge is 2.14. The molecule has 0 spiro atoms. The molecular weight excluding hydrogens is 434 g/mol. The minimum atomic E-state index is -0.288. The van der Waals surface area contributed by atoms with Crippen molar-refractivity contribution in [2.24, 2.45) is 0 Å². The maximum atomic E-state index is 12.4. The molecule has 5 rings (SSSR count). The van der Waals surface area contributed by atoms with Crippen LogP contribution in [0.15, 0.2) is 62.1 Å². The lowest BCUT2D eigenvalue weighted by Gasteiger charge is -2.09. The van der Waals surface area contributed by atoms with Gasteiger partial charge in [-0.2, -0.15) is 0 Å². The van der Waals surface area contributed by atoms with Crippen molar-refractivity contribution in [1.82, 2.24) is 20.2 Å². The second-order valence-corrected chi connectivity index (χ2v) is 8.70. The molecule has 8 nitrogen and oxygen atoms in total. The quantitative estimate of drug-likeness (QED) is 0.335. The summed E-state index contributed by atoms with van der Waals surface area (Å²) in [6, 6.07) is 15.2. The third-order valence-electron chi connectivity index (χ3n) is 4.45. The molecule has 0 aliphatic rings. The summed E-state index contributed by atoms with van der Waals surface area (Å²) in [6.45, 7) is 2.52. The number of furan rings is 1. The zero-order valence-electron chi connectivity index (χ0n) is 16.4. The first-order chi connectivity index (χ1) is 15.2. The molecular formula is C21H17N5O3S2. The van der Waals surface area contributed by atoms with Crippen LogP contribution in [0.1, 0.15) is 12.7 Å². The van der Waals surface area contributed by atoms with Gasteiger partial charge in [0.25, 0.3) is 5.56 Å². The third-order valence-corrected chi connectivity index (χ3v) is 6.43. The Morgan fingerprint density at radius 3 is 2.90 bits per heavy atom. The number of thioether (sulfide) groups is 1. The molecule has 0 atom stereocenters. The van der Waals surface area contributed by atoms with E-state index < -0.39 is 0 Å². The van der Waals surface area contributed by atoms with Gasteiger partial charge in [0.1, 0.15) is 22.7 Å². The Labute approximate surface area is 184 Å². The monoisotopic (exact) mass is 451 g/mol. The highest BCUT2D eigenvalue weighted by atomic mass is 32.2. The fourth-order valence-electron chi connectivity index (χ4n) is 3.13. The van der Waals surface area contributed by atoms with E-state index >= 15 is 0 Å². The molecule has 3 aromatic heterocycles. The second kappa shape index (κ2) is 8.40. The number of hydrogen-bond donors (Lipinski definition) is 2. The number of anilines is 2. The van der Waals surface area contributed by atoms with Gasteiger partial charge in [0.05, 0.1) is 18.0 Å². The minimum Gasteiger partial charge on any atom is -0.492 e. The van der Waals surface area contributed by atoms with Crippen LogP contribution in [0, 0.1) is 0 Å². The highest BCUT2D eigenvalue weighted by molar-refractivity contribution is 8.00. The Kier molecular flexibility index (Phi) is 5.31. The van der Waals surface area contributed by atoms with E-state index in [0.29, 0.717) is 34.4 Å². The molecule has 0 amide bonds. The molecule has 0 radical (unpaired) electrons. The topological polar surface area (TPSA) is 106 Å². The van der Waals surface area contributed by atoms with Crippen LogP contribution < -0.4 is 15.6 Å². The predicted octanol–water partition coefficient (Wildman–Crippen LogP) is 4.96. The Morgan fingerprint density at radius 1 is 1.16 bits per heavy atom. The first-order valence-corrected chi connectivity index (χ1v) is 11.4. The first kappa shape index (κ1) is 19.6. The lowest BCUT2D eigenvalue weighted by molar-refractivity contribution is 0.342. The van der Waals surface area contributed by atoms with Gasteiger partial charge in [-0.1, -0.05) is 47.4 Å². The number of H-pyrrole nitrogens is 1. The summed E-state index contributed by atoms with van der Waals surface area (Å²) in [5, 5.41) is 13.1. The van der Waals surface area contributed by atoms with Crippen LogP contribution in [-0.4, -0.2) is 26.8 Å². The maximum absolute atomic E-state index is 12.4. The van der Waals surface area contributed by atoms with Crippen LogP contribution in [-0.2, 0) is 5.75 Å². The summed E-state index contributed by atoms with van der Waals surface area (Å²) < 4.78 is 12.0. The van der Waals surface area contributed by atoms with E-state index in [1.807, 2.05) is 55.5 Å². The van der Waals surface area contributed by atoms with E-state index in [9.17, 15) is 4.79 Å². The Morgan fingerprint density at radius 2 is 2.00 bits per heavy atom. The van der Waals surface area contributed by atoms with Crippen molar-refractivity contribution in [3.8, 4) is 5.75 Å². The molecule has 2 N–H and O–H groups in total. The van der Waals surface area contributed by atoms with Gasteiger partial charge in [-0.05, 0) is 31.2 Å². The van der Waals surface area contributed by atoms with Crippen molar-refractivity contribution in [1.29, 1.82) is 0 Å². The van der Waals surface area contributed by atoms with Gasteiger partial charge in [0, 0.05) is 5.39 Å². The lowest BCUT2D eigenvalue weighted by Crippen LogP contribution is -2.10. The number of rotatable bonds is 7. The molecule has 0 aliphatic heterocycles. The van der Waals surface area contributed by atoms with Crippen molar-refractivity contribution in [3.63, 3.8) is 0 Å². The van der Waals surface area contributed by atoms with E-state index in [2.05, 4.69) is 25.5 Å². The zero-order valence-corrected chi connectivity index (χ0v) is 18.0. The summed E-state index contributed by atoms with van der Waals surface area (Å²) in [7, 11) is 0. The number of para-hydroxylation sites is 3. The number of fused-ring (bicyclic) bond motifs is 3. The summed E-state index contributed by atoms with van der Waals surface area (Å²) in [6.07, 6.45) is 0. The number of nitrogens with zero attached hydrogens (tertiary/aromatic N) is 3. The van der Waals surface area contributed by atoms with Gasteiger partial charge in [0.15, 0.2) is 4.34 Å². The molecule has 0 bridgehead atoms. The summed E-state index contributed by atoms with van der Waals surface area (Å²) >= 11 is 2.88. The first-order valence-electron chi connectivity index (χ1n) is 9.57. The molecule has 156 valence electrons. The van der Waals surface area contributed by atoms with Gasteiger partial charge in [-0.15, -0.1) is 10.2 Å². The van der Waals surface area contributed by atoms with Crippen molar-refractivity contribution in [2.75, 3.05) is 11.9 Å². The molecule has 31 heavy (non-hydrogen) atoms. The maximum Gasteiger partial charge on any atom is 0.294 e. The van der Waals surface area contributed by atoms with E-state index in [1.165, 1.54) is 23.1 Å². The average molecular weight is 452 g/mol. The van der Waals surface area contributed by atoms with E-state index in [4.69, 9.17) is 9.15 Å². The van der Waals surface area contributed by atoms with E-state index in [0.717, 1.165) is 21.2 Å². The second-order valence-electron chi connectivity index (χ2n) is 6.50. The Balaban J connectivity index is 1.33. The normalized spacial score (nSPS) is 11.3. The van der Waals surface area contributed by atoms with Crippen LogP contribution in [0.4, 0.5) is 10.8 Å². The van der Waals surface area contributed by atoms with Crippen molar-refractivity contribution >= 4 is 56.0 Å². The number of benzene rings is 2. The summed E-state index contributed by atoms with van der Waals surface area (Å²) in [5.41, 5.74) is 2.00. The fraction of sp³-hybridized carbons (Fsp3) is 0.143. The molecule has 10 heteroatoms. The summed E-state index contributed by atoms with van der Waals surface area (Å²) in [5.74, 6) is 1.77. The van der Waals surface area contributed by atoms with Crippen LogP contribution in [0.2, 0.25) is 0 Å². The van der Waals surface area contributed by atoms with E-state index in [1.54, 1.807) is 0 Å². The third kappa shape index (κ3) is 3.99. The molecule has 5 aromatic rings. The van der Waals surface area contributed by atoms with Crippen LogP contribution in [0.25, 0.3) is 22.1 Å². The predicted molar refractivity (Wildman–Crippen MR) is 122 cm³/mol. The average Bonchev–Trinajstić information content (AvgIpc) is 3.39. The smallest absolute Gasteiger partial charge is 0.294 e. The van der Waals surface area contributed by atoms with Gasteiger partial charge < -0.3 is 19.5 Å². The Bertz CT molecular complexity index is 1430. The Hall–Kier alpha value is -3.37. The molecule has 3 heterocycles. The van der Waals surface area contributed by atoms with Gasteiger partial charge in [-0.25, -0.2) is 4.98 Å². The zero-order chi connectivity index (χ0) is 21.2. The van der Waals surface area contributed by atoms with Crippen LogP contribution >= 0.6 is 23.1 Å². The van der Waals surface area contributed by atoms with Gasteiger partial charge in [-0.3, -0.25) is 4.79 Å². The van der Waals surface area contributed by atoms with Crippen molar-refractivity contribution < 1.29 is 9.15 Å². The van der Waals surface area contributed by atoms with Crippen LogP contribution in [0.3, 0.4) is 0 Å². The minimum absolute atomic E-state index is 0.241. The molecule has 2 aromatic carbocycles. The largest absolute Gasteiger partial charge is 0.492 e. The fourth-order valence-corrected chi connectivity index (χ4v) is 4.77. The van der Waals surface area contributed by atoms with Gasteiger partial charge >= 0.3 is 0 Å². The number of hydrogen-bond acceptors (Lipinski definition) is 9. The van der Waals surface area contributed by atoms with Crippen LogP contribution in [0.5, 0.6) is 5.75 Å². The van der Waals surface area contributed by atoms with Crippen molar-refractivity contribution in [3.05, 3.63) is 64.7 Å². The van der Waals surface area contributed by atoms with Crippen molar-refractivity contribution in [2.45, 2.75) is 17.0 Å². The standard InChI is InChI=1S/C21H17N5O3S2/c1-2-28-15-10-6-4-8-13(15)22-20-25-26-21(31-20)30-11-16-23-17-12-7-3-5-9-14(12)29-18(17)19(27)24-16/h3-10H,2,11H2,1H3,(H,22,25)(H,23,24,27). The van der Waals surface area contributed by atoms with E-state index in [-0.39, 0.29) is 11.1 Å². The number of nitrogens with one attached hydrogen (secondary N) is 2. The molecule has 0 unspecified atom stereocenters. The summed E-state index contributed by atoms with van der Waals surface area (Å²) in [4.78, 5) is 19.8. The molecule has 0 saturated carbocycles. The number of aromatic amines is 1. The lowest BCUT2D eigenvalue weighted by atomic mass is 10.2. The molecule has 0 aliphatic carbocycles. The number of aromatic nitrogens is 4. The van der Waals surface area contributed by atoms with Gasteiger partial charge in [0.2, 0.25) is 10.7 Å². The molecule has 0 saturated heterocycles. The SMILES string of the molecule is CCOc1ccccc1Nc1nnc(SCc2nc3c(oc4ccccc43)c(=O)[nH]2)s1. The highest BCUT2D eigenvalue weighted by Crippen LogP contribution is 2.33.